The zero-order valence-electron chi connectivity index (χ0n) is 20.2. The first-order valence-corrected chi connectivity index (χ1v) is 12.6. The first-order valence-electron chi connectivity index (χ1n) is 12.6. The van der Waals surface area contributed by atoms with Gasteiger partial charge in [-0.05, 0) is 69.7 Å². The number of halogens is 1. The quantitative estimate of drug-likeness (QED) is 0.562. The first-order chi connectivity index (χ1) is 16.5. The highest BCUT2D eigenvalue weighted by Gasteiger charge is 2.29. The molecule has 7 heteroatoms. The number of carbonyl (C=O) groups is 1. The third-order valence-electron chi connectivity index (χ3n) is 7.63. The zero-order valence-corrected chi connectivity index (χ0v) is 20.2. The Labute approximate surface area is 200 Å². The van der Waals surface area contributed by atoms with E-state index in [0.717, 1.165) is 47.3 Å². The van der Waals surface area contributed by atoms with Crippen LogP contribution in [0.4, 0.5) is 4.39 Å². The van der Waals surface area contributed by atoms with Crippen molar-refractivity contribution < 1.29 is 9.18 Å². The lowest BCUT2D eigenvalue weighted by atomic mass is 10.1. The molecule has 1 unspecified atom stereocenters. The molecule has 0 spiro atoms. The van der Waals surface area contributed by atoms with E-state index in [1.807, 2.05) is 26.0 Å². The number of nitrogens with one attached hydrogen (secondary N) is 1. The van der Waals surface area contributed by atoms with E-state index in [9.17, 15) is 9.18 Å². The van der Waals surface area contributed by atoms with Gasteiger partial charge in [0, 0.05) is 48.6 Å². The molecule has 1 aliphatic heterocycles. The van der Waals surface area contributed by atoms with Crippen molar-refractivity contribution in [2.24, 2.45) is 5.92 Å². The van der Waals surface area contributed by atoms with Crippen molar-refractivity contribution in [3.05, 3.63) is 53.1 Å². The minimum atomic E-state index is -0.286. The van der Waals surface area contributed by atoms with E-state index in [1.165, 1.54) is 50.8 Å². The average molecular weight is 464 g/mol. The Morgan fingerprint density at radius 1 is 1.18 bits per heavy atom. The van der Waals surface area contributed by atoms with E-state index in [2.05, 4.69) is 15.3 Å². The Balaban J connectivity index is 1.19. The first kappa shape index (κ1) is 23.0. The van der Waals surface area contributed by atoms with Crippen LogP contribution in [-0.4, -0.2) is 51.1 Å². The van der Waals surface area contributed by atoms with Crippen LogP contribution < -0.4 is 5.32 Å². The van der Waals surface area contributed by atoms with Gasteiger partial charge in [-0.3, -0.25) is 4.79 Å². The molecule has 34 heavy (non-hydrogen) atoms. The summed E-state index contributed by atoms with van der Waals surface area (Å²) in [5, 5.41) is 7.83. The van der Waals surface area contributed by atoms with Gasteiger partial charge >= 0.3 is 0 Å². The van der Waals surface area contributed by atoms with Gasteiger partial charge in [0.15, 0.2) is 5.65 Å². The topological polar surface area (TPSA) is 62.5 Å². The van der Waals surface area contributed by atoms with Crippen molar-refractivity contribution in [1.82, 2.24) is 24.8 Å². The number of likely N-dealkylation sites (tertiary alicyclic amines) is 1. The SMILES string of the molecule is Cc1nc2cc(-c3cccc(F)c3)nn2c(C)c1CCC(=O)NCC1CCN(C2CCCC2)C1. The molecule has 2 aliphatic rings. The van der Waals surface area contributed by atoms with E-state index >= 15 is 0 Å². The molecular weight excluding hydrogens is 429 g/mol. The fraction of sp³-hybridized carbons (Fsp3) is 0.519. The van der Waals surface area contributed by atoms with E-state index in [0.29, 0.717) is 24.5 Å². The van der Waals surface area contributed by atoms with Gasteiger partial charge in [0.2, 0.25) is 5.91 Å². The van der Waals surface area contributed by atoms with Gasteiger partial charge < -0.3 is 10.2 Å². The minimum absolute atomic E-state index is 0.0964. The summed E-state index contributed by atoms with van der Waals surface area (Å²) in [7, 11) is 0. The Bertz CT molecular complexity index is 1180. The van der Waals surface area contributed by atoms with Gasteiger partial charge in [0.05, 0.1) is 5.69 Å². The molecule has 5 rings (SSSR count). The summed E-state index contributed by atoms with van der Waals surface area (Å²) < 4.78 is 15.5. The summed E-state index contributed by atoms with van der Waals surface area (Å²) in [6, 6.07) is 9.08. The van der Waals surface area contributed by atoms with Gasteiger partial charge in [-0.2, -0.15) is 5.10 Å². The maximum Gasteiger partial charge on any atom is 0.220 e. The van der Waals surface area contributed by atoms with E-state index in [4.69, 9.17) is 4.98 Å². The van der Waals surface area contributed by atoms with Crippen LogP contribution in [0.5, 0.6) is 0 Å². The number of hydrogen-bond acceptors (Lipinski definition) is 4. The van der Waals surface area contributed by atoms with Gasteiger partial charge in [-0.15, -0.1) is 0 Å². The molecule has 3 aromatic rings. The Kier molecular flexibility index (Phi) is 6.63. The molecule has 1 aromatic carbocycles. The Hall–Kier alpha value is -2.80. The molecule has 1 saturated heterocycles. The second kappa shape index (κ2) is 9.82. The lowest BCUT2D eigenvalue weighted by Crippen LogP contribution is -2.34. The Morgan fingerprint density at radius 2 is 2.00 bits per heavy atom. The average Bonchev–Trinajstić information content (AvgIpc) is 3.58. The van der Waals surface area contributed by atoms with Gasteiger partial charge in [-0.1, -0.05) is 25.0 Å². The third kappa shape index (κ3) is 4.85. The molecular formula is C27H34FN5O. The molecule has 1 atom stereocenters. The summed E-state index contributed by atoms with van der Waals surface area (Å²) in [6.45, 7) is 7.06. The van der Waals surface area contributed by atoms with Crippen molar-refractivity contribution >= 4 is 11.6 Å². The highest BCUT2D eigenvalue weighted by molar-refractivity contribution is 5.76. The number of amides is 1. The number of hydrogen-bond donors (Lipinski definition) is 1. The van der Waals surface area contributed by atoms with Crippen LogP contribution in [0, 0.1) is 25.6 Å². The summed E-state index contributed by atoms with van der Waals surface area (Å²) in [6.07, 6.45) is 7.67. The monoisotopic (exact) mass is 463 g/mol. The van der Waals surface area contributed by atoms with Crippen LogP contribution in [0.1, 0.15) is 55.5 Å². The van der Waals surface area contributed by atoms with Crippen molar-refractivity contribution in [2.45, 2.75) is 64.8 Å². The lowest BCUT2D eigenvalue weighted by molar-refractivity contribution is -0.121. The highest BCUT2D eigenvalue weighted by atomic mass is 19.1. The molecule has 1 saturated carbocycles. The van der Waals surface area contributed by atoms with Crippen molar-refractivity contribution in [2.75, 3.05) is 19.6 Å². The fourth-order valence-corrected chi connectivity index (χ4v) is 5.69. The fourth-order valence-electron chi connectivity index (χ4n) is 5.69. The molecule has 1 N–H and O–H groups in total. The summed E-state index contributed by atoms with van der Waals surface area (Å²) >= 11 is 0. The molecule has 2 aromatic heterocycles. The molecule has 6 nitrogen and oxygen atoms in total. The molecule has 3 heterocycles. The van der Waals surface area contributed by atoms with Gasteiger partial charge in [-0.25, -0.2) is 13.9 Å². The van der Waals surface area contributed by atoms with Crippen LogP contribution in [0.15, 0.2) is 30.3 Å². The largest absolute Gasteiger partial charge is 0.356 e. The van der Waals surface area contributed by atoms with Crippen LogP contribution in [0.2, 0.25) is 0 Å². The summed E-state index contributed by atoms with van der Waals surface area (Å²) in [5.41, 5.74) is 5.07. The van der Waals surface area contributed by atoms with Crippen molar-refractivity contribution in [1.29, 1.82) is 0 Å². The number of benzene rings is 1. The predicted molar refractivity (Wildman–Crippen MR) is 131 cm³/mol. The summed E-state index contributed by atoms with van der Waals surface area (Å²) in [5.74, 6) is 0.376. The van der Waals surface area contributed by atoms with Gasteiger partial charge in [0.25, 0.3) is 0 Å². The molecule has 1 aliphatic carbocycles. The van der Waals surface area contributed by atoms with E-state index < -0.39 is 0 Å². The van der Waals surface area contributed by atoms with Crippen molar-refractivity contribution in [3.63, 3.8) is 0 Å². The molecule has 2 fully saturated rings. The molecule has 0 radical (unpaired) electrons. The number of rotatable bonds is 7. The molecule has 1 amide bonds. The number of carbonyl (C=O) groups excluding carboxylic acids is 1. The normalized spacial score (nSPS) is 19.3. The maximum absolute atomic E-state index is 13.7. The van der Waals surface area contributed by atoms with Crippen molar-refractivity contribution in [3.8, 4) is 11.3 Å². The lowest BCUT2D eigenvalue weighted by Gasteiger charge is -2.23. The molecule has 0 bridgehead atoms. The number of aryl methyl sites for hydroxylation is 2. The number of nitrogens with zero attached hydrogens (tertiary/aromatic N) is 4. The van der Waals surface area contributed by atoms with Crippen LogP contribution in [-0.2, 0) is 11.2 Å². The van der Waals surface area contributed by atoms with Crippen LogP contribution in [0.25, 0.3) is 16.9 Å². The van der Waals surface area contributed by atoms with Gasteiger partial charge in [0.1, 0.15) is 5.82 Å². The minimum Gasteiger partial charge on any atom is -0.356 e. The second-order valence-electron chi connectivity index (χ2n) is 9.96. The smallest absolute Gasteiger partial charge is 0.220 e. The van der Waals surface area contributed by atoms with E-state index in [-0.39, 0.29) is 11.7 Å². The summed E-state index contributed by atoms with van der Waals surface area (Å²) in [4.78, 5) is 20.0. The van der Waals surface area contributed by atoms with Crippen LogP contribution >= 0.6 is 0 Å². The third-order valence-corrected chi connectivity index (χ3v) is 7.63. The van der Waals surface area contributed by atoms with E-state index in [1.54, 1.807) is 10.6 Å². The zero-order chi connectivity index (χ0) is 23.7. The number of fused-ring (bicyclic) bond motifs is 1. The van der Waals surface area contributed by atoms with Crippen LogP contribution in [0.3, 0.4) is 0 Å². The predicted octanol–water partition coefficient (Wildman–Crippen LogP) is 4.47. The second-order valence-corrected chi connectivity index (χ2v) is 9.96. The maximum atomic E-state index is 13.7. The molecule has 180 valence electrons. The number of aromatic nitrogens is 3. The Morgan fingerprint density at radius 3 is 2.79 bits per heavy atom. The standard InChI is InChI=1S/C27H34FN5O/c1-18-24(10-11-27(34)29-16-20-12-13-32(17-20)23-8-3-4-9-23)19(2)33-26(30-18)15-25(31-33)21-6-5-7-22(28)14-21/h5-7,14-15,20,23H,3-4,8-13,16-17H2,1-2H3,(H,29,34). The highest BCUT2D eigenvalue weighted by Crippen LogP contribution is 2.28.